The van der Waals surface area contributed by atoms with Crippen LogP contribution in [0.25, 0.3) is 10.9 Å². The highest BCUT2D eigenvalue weighted by atomic mass is 15.0. The Balaban J connectivity index is 1.71. The topological polar surface area (TPSA) is 69.6 Å². The smallest absolute Gasteiger partial charge is 0.132 e. The molecule has 0 aliphatic rings. The molecule has 19 heavy (non-hydrogen) atoms. The molecule has 5 nitrogen and oxygen atoms in total. The normalized spacial score (nSPS) is 10.9. The molecule has 0 aliphatic heterocycles. The number of nitrogen functional groups attached to an aromatic ring is 1. The second kappa shape index (κ2) is 5.06. The molecule has 96 valence electrons. The van der Waals surface area contributed by atoms with Crippen LogP contribution in [0.2, 0.25) is 0 Å². The first-order chi connectivity index (χ1) is 9.33. The van der Waals surface area contributed by atoms with Crippen molar-refractivity contribution in [3.05, 3.63) is 48.8 Å². The molecule has 0 bridgehead atoms. The Labute approximate surface area is 111 Å². The number of anilines is 1. The lowest BCUT2D eigenvalue weighted by Gasteiger charge is -2.05. The van der Waals surface area contributed by atoms with Crippen molar-refractivity contribution >= 4 is 16.7 Å². The van der Waals surface area contributed by atoms with Gasteiger partial charge >= 0.3 is 0 Å². The van der Waals surface area contributed by atoms with E-state index in [4.69, 9.17) is 5.73 Å². The van der Waals surface area contributed by atoms with E-state index in [0.29, 0.717) is 5.82 Å². The van der Waals surface area contributed by atoms with Gasteiger partial charge in [-0.15, -0.1) is 0 Å². The Kier molecular flexibility index (Phi) is 3.10. The van der Waals surface area contributed by atoms with E-state index in [1.165, 1.54) is 0 Å². The monoisotopic (exact) mass is 253 g/mol. The van der Waals surface area contributed by atoms with Crippen molar-refractivity contribution in [2.75, 3.05) is 5.73 Å². The van der Waals surface area contributed by atoms with Gasteiger partial charge < -0.3 is 10.3 Å². The molecule has 0 aliphatic carbocycles. The van der Waals surface area contributed by atoms with Crippen LogP contribution in [0.3, 0.4) is 0 Å². The number of aryl methyl sites for hydroxylation is 2. The summed E-state index contributed by atoms with van der Waals surface area (Å²) in [5.41, 5.74) is 7.80. The van der Waals surface area contributed by atoms with Crippen molar-refractivity contribution in [2.45, 2.75) is 19.4 Å². The SMILES string of the molecule is Nc1nccc2nc(CCCn3ccnc3)ccc12. The number of nitrogens with zero attached hydrogens (tertiary/aromatic N) is 4. The third-order valence-electron chi connectivity index (χ3n) is 3.11. The van der Waals surface area contributed by atoms with Gasteiger partial charge in [0.05, 0.1) is 11.8 Å². The van der Waals surface area contributed by atoms with E-state index in [9.17, 15) is 0 Å². The summed E-state index contributed by atoms with van der Waals surface area (Å²) in [5.74, 6) is 0.537. The third kappa shape index (κ3) is 2.54. The van der Waals surface area contributed by atoms with Crippen LogP contribution in [0, 0.1) is 0 Å². The summed E-state index contributed by atoms with van der Waals surface area (Å²) in [4.78, 5) is 12.7. The molecule has 0 saturated carbocycles. The van der Waals surface area contributed by atoms with E-state index in [1.54, 1.807) is 12.4 Å². The molecule has 0 fully saturated rings. The summed E-state index contributed by atoms with van der Waals surface area (Å²) in [6.07, 6.45) is 9.27. The molecular formula is C14H15N5. The maximum absolute atomic E-state index is 5.81. The summed E-state index contributed by atoms with van der Waals surface area (Å²) in [6.45, 7) is 0.957. The highest BCUT2D eigenvalue weighted by Gasteiger charge is 2.02. The van der Waals surface area contributed by atoms with Gasteiger partial charge in [-0.3, -0.25) is 4.98 Å². The Bertz CT molecular complexity index is 675. The number of hydrogen-bond donors (Lipinski definition) is 1. The van der Waals surface area contributed by atoms with Gasteiger partial charge in [0.2, 0.25) is 0 Å². The number of pyridine rings is 2. The van der Waals surface area contributed by atoms with Crippen molar-refractivity contribution in [1.29, 1.82) is 0 Å². The summed E-state index contributed by atoms with van der Waals surface area (Å²) in [5, 5.41) is 0.917. The van der Waals surface area contributed by atoms with Crippen molar-refractivity contribution < 1.29 is 0 Å². The van der Waals surface area contributed by atoms with Gasteiger partial charge in [-0.05, 0) is 31.0 Å². The summed E-state index contributed by atoms with van der Waals surface area (Å²) < 4.78 is 2.07. The van der Waals surface area contributed by atoms with Crippen LogP contribution < -0.4 is 5.73 Å². The highest BCUT2D eigenvalue weighted by molar-refractivity contribution is 5.87. The quantitative estimate of drug-likeness (QED) is 0.772. The van der Waals surface area contributed by atoms with Gasteiger partial charge in [-0.2, -0.15) is 0 Å². The molecule has 0 amide bonds. The zero-order valence-electron chi connectivity index (χ0n) is 10.5. The fourth-order valence-electron chi connectivity index (χ4n) is 2.12. The van der Waals surface area contributed by atoms with Crippen LogP contribution >= 0.6 is 0 Å². The minimum atomic E-state index is 0.537. The summed E-state index contributed by atoms with van der Waals surface area (Å²) >= 11 is 0. The van der Waals surface area contributed by atoms with Crippen LogP contribution in [-0.2, 0) is 13.0 Å². The number of imidazole rings is 1. The standard InChI is InChI=1S/C14H15N5/c15-14-12-4-3-11(18-13(12)5-6-17-14)2-1-8-19-9-7-16-10-19/h3-7,9-10H,1-2,8H2,(H2,15,17). The molecule has 0 aromatic carbocycles. The molecule has 5 heteroatoms. The molecule has 2 N–H and O–H groups in total. The molecule has 3 aromatic heterocycles. The van der Waals surface area contributed by atoms with Crippen LogP contribution in [0.1, 0.15) is 12.1 Å². The number of hydrogen-bond acceptors (Lipinski definition) is 4. The number of rotatable bonds is 4. The largest absolute Gasteiger partial charge is 0.383 e. The molecule has 0 radical (unpaired) electrons. The van der Waals surface area contributed by atoms with Gasteiger partial charge in [0.25, 0.3) is 0 Å². The maximum Gasteiger partial charge on any atom is 0.132 e. The highest BCUT2D eigenvalue weighted by Crippen LogP contribution is 2.17. The van der Waals surface area contributed by atoms with E-state index >= 15 is 0 Å². The first-order valence-electron chi connectivity index (χ1n) is 6.29. The van der Waals surface area contributed by atoms with Crippen molar-refractivity contribution in [3.63, 3.8) is 0 Å². The lowest BCUT2D eigenvalue weighted by Crippen LogP contribution is -1.99. The van der Waals surface area contributed by atoms with Gasteiger partial charge in [0.1, 0.15) is 5.82 Å². The minimum absolute atomic E-state index is 0.537. The van der Waals surface area contributed by atoms with Crippen molar-refractivity contribution in [1.82, 2.24) is 19.5 Å². The van der Waals surface area contributed by atoms with Crippen LogP contribution in [-0.4, -0.2) is 19.5 Å². The molecule has 0 atom stereocenters. The van der Waals surface area contributed by atoms with E-state index < -0.39 is 0 Å². The van der Waals surface area contributed by atoms with E-state index in [2.05, 4.69) is 19.5 Å². The molecule has 0 unspecified atom stereocenters. The Morgan fingerprint density at radius 1 is 1.16 bits per heavy atom. The molecular weight excluding hydrogens is 238 g/mol. The first kappa shape index (κ1) is 11.6. The van der Waals surface area contributed by atoms with Crippen LogP contribution in [0.15, 0.2) is 43.1 Å². The van der Waals surface area contributed by atoms with Gasteiger partial charge in [-0.25, -0.2) is 9.97 Å². The predicted molar refractivity (Wildman–Crippen MR) is 74.5 cm³/mol. The Morgan fingerprint density at radius 2 is 2.11 bits per heavy atom. The summed E-state index contributed by atoms with van der Waals surface area (Å²) in [7, 11) is 0. The second-order valence-corrected chi connectivity index (χ2v) is 4.47. The number of aromatic nitrogens is 4. The van der Waals surface area contributed by atoms with Crippen molar-refractivity contribution in [2.24, 2.45) is 0 Å². The number of nitrogens with two attached hydrogens (primary N) is 1. The zero-order valence-corrected chi connectivity index (χ0v) is 10.5. The molecule has 3 aromatic rings. The van der Waals surface area contributed by atoms with Gasteiger partial charge in [0.15, 0.2) is 0 Å². The first-order valence-corrected chi connectivity index (χ1v) is 6.29. The fourth-order valence-corrected chi connectivity index (χ4v) is 2.12. The van der Waals surface area contributed by atoms with Crippen LogP contribution in [0.4, 0.5) is 5.82 Å². The average molecular weight is 253 g/mol. The predicted octanol–water partition coefficient (Wildman–Crippen LogP) is 2.04. The fraction of sp³-hybridized carbons (Fsp3) is 0.214. The summed E-state index contributed by atoms with van der Waals surface area (Å²) in [6, 6.07) is 5.91. The van der Waals surface area contributed by atoms with Gasteiger partial charge in [0, 0.05) is 36.2 Å². The molecule has 0 spiro atoms. The lowest BCUT2D eigenvalue weighted by molar-refractivity contribution is 0.637. The minimum Gasteiger partial charge on any atom is -0.383 e. The number of fused-ring (bicyclic) bond motifs is 1. The molecule has 3 rings (SSSR count). The van der Waals surface area contributed by atoms with E-state index in [0.717, 1.165) is 36.0 Å². The second-order valence-electron chi connectivity index (χ2n) is 4.47. The molecule has 0 saturated heterocycles. The average Bonchev–Trinajstić information content (AvgIpc) is 2.92. The zero-order chi connectivity index (χ0) is 13.1. The van der Waals surface area contributed by atoms with Crippen LogP contribution in [0.5, 0.6) is 0 Å². The van der Waals surface area contributed by atoms with Gasteiger partial charge in [-0.1, -0.05) is 0 Å². The Morgan fingerprint density at radius 3 is 2.95 bits per heavy atom. The molecule has 3 heterocycles. The van der Waals surface area contributed by atoms with E-state index in [1.807, 2.05) is 30.7 Å². The van der Waals surface area contributed by atoms with Crippen molar-refractivity contribution in [3.8, 4) is 0 Å². The lowest BCUT2D eigenvalue weighted by atomic mass is 10.1. The maximum atomic E-state index is 5.81. The Hall–Kier alpha value is -2.43. The third-order valence-corrected chi connectivity index (χ3v) is 3.11. The van der Waals surface area contributed by atoms with E-state index in [-0.39, 0.29) is 0 Å².